The number of nitrogens with zero attached hydrogens (tertiary/aromatic N) is 4. The predicted molar refractivity (Wildman–Crippen MR) is 126 cm³/mol. The zero-order valence-electron chi connectivity index (χ0n) is 17.7. The number of aromatic nitrogens is 4. The Morgan fingerprint density at radius 2 is 1.78 bits per heavy atom. The number of amides is 1. The number of carbonyl (C=O) groups excluding carboxylic acids is 1. The summed E-state index contributed by atoms with van der Waals surface area (Å²) in [5, 5.41) is 12.1. The molecule has 1 aliphatic rings. The van der Waals surface area contributed by atoms with Crippen LogP contribution in [0, 0.1) is 0 Å². The number of aromatic amines is 1. The van der Waals surface area contributed by atoms with Gasteiger partial charge in [-0.05, 0) is 42.2 Å². The number of thioether (sulfide) groups is 1. The summed E-state index contributed by atoms with van der Waals surface area (Å²) in [5.41, 5.74) is 5.22. The molecule has 0 atom stereocenters. The smallest absolute Gasteiger partial charge is 0.290 e. The van der Waals surface area contributed by atoms with Gasteiger partial charge >= 0.3 is 0 Å². The highest BCUT2D eigenvalue weighted by Gasteiger charge is 2.21. The molecule has 1 fully saturated rings. The molecule has 0 unspecified atom stereocenters. The largest absolute Gasteiger partial charge is 0.312 e. The van der Waals surface area contributed by atoms with Crippen molar-refractivity contribution in [3.63, 3.8) is 0 Å². The number of benzene rings is 2. The molecule has 8 heteroatoms. The minimum absolute atomic E-state index is 0.186. The molecule has 32 heavy (non-hydrogen) atoms. The van der Waals surface area contributed by atoms with E-state index in [9.17, 15) is 9.59 Å². The minimum atomic E-state index is -0.266. The first-order chi connectivity index (χ1) is 15.6. The van der Waals surface area contributed by atoms with Crippen LogP contribution in [-0.4, -0.2) is 32.3 Å². The number of rotatable bonds is 6. The molecule has 0 bridgehead atoms. The first kappa shape index (κ1) is 20.5. The molecule has 1 saturated heterocycles. The fourth-order valence-corrected chi connectivity index (χ4v) is 4.74. The van der Waals surface area contributed by atoms with Gasteiger partial charge < -0.3 is 4.90 Å². The number of H-pyrrole nitrogens is 1. The van der Waals surface area contributed by atoms with Crippen molar-refractivity contribution in [3.8, 4) is 11.3 Å². The number of hydrogen-bond donors (Lipinski definition) is 1. The molecule has 0 radical (unpaired) electrons. The lowest BCUT2D eigenvalue weighted by Gasteiger charge is -2.15. The summed E-state index contributed by atoms with van der Waals surface area (Å²) < 4.78 is 1.61. The summed E-state index contributed by atoms with van der Waals surface area (Å²) in [6.45, 7) is 2.91. The maximum atomic E-state index is 12.3. The molecule has 1 amide bonds. The van der Waals surface area contributed by atoms with E-state index >= 15 is 0 Å². The molecule has 1 aliphatic heterocycles. The van der Waals surface area contributed by atoms with E-state index in [4.69, 9.17) is 0 Å². The highest BCUT2D eigenvalue weighted by atomic mass is 32.2. The fraction of sp³-hybridized carbons (Fsp3) is 0.250. The highest BCUT2D eigenvalue weighted by molar-refractivity contribution is 7.98. The SMILES string of the molecule is CCc1ccc(-c2cc3c(=O)[nH]nc(SCc4ccc(N5CCCC5=O)cc4)n3n2)cc1. The molecule has 2 aromatic heterocycles. The summed E-state index contributed by atoms with van der Waals surface area (Å²) in [6, 6.07) is 18.0. The van der Waals surface area contributed by atoms with Gasteiger partial charge in [-0.25, -0.2) is 9.61 Å². The van der Waals surface area contributed by atoms with Gasteiger partial charge in [0.1, 0.15) is 5.52 Å². The van der Waals surface area contributed by atoms with Crippen LogP contribution in [0.5, 0.6) is 0 Å². The number of carbonyl (C=O) groups is 1. The van der Waals surface area contributed by atoms with E-state index in [-0.39, 0.29) is 11.5 Å². The average Bonchev–Trinajstić information content (AvgIpc) is 3.46. The van der Waals surface area contributed by atoms with Crippen LogP contribution in [0.3, 0.4) is 0 Å². The molecule has 7 nitrogen and oxygen atoms in total. The van der Waals surface area contributed by atoms with Gasteiger partial charge in [-0.3, -0.25) is 9.59 Å². The number of anilines is 1. The van der Waals surface area contributed by atoms with Crippen LogP contribution in [0.1, 0.15) is 30.9 Å². The van der Waals surface area contributed by atoms with Crippen molar-refractivity contribution in [1.82, 2.24) is 19.8 Å². The Kier molecular flexibility index (Phi) is 5.53. The lowest BCUT2D eigenvalue weighted by Crippen LogP contribution is -2.23. The van der Waals surface area contributed by atoms with E-state index in [2.05, 4.69) is 34.4 Å². The van der Waals surface area contributed by atoms with Crippen molar-refractivity contribution < 1.29 is 4.79 Å². The van der Waals surface area contributed by atoms with Crippen molar-refractivity contribution in [1.29, 1.82) is 0 Å². The van der Waals surface area contributed by atoms with Gasteiger partial charge in [0.05, 0.1) is 5.69 Å². The molecule has 0 saturated carbocycles. The second-order valence-corrected chi connectivity index (χ2v) is 8.76. The molecule has 2 aromatic carbocycles. The van der Waals surface area contributed by atoms with Crippen molar-refractivity contribution >= 4 is 28.9 Å². The normalized spacial score (nSPS) is 13.9. The number of fused-ring (bicyclic) bond motifs is 1. The van der Waals surface area contributed by atoms with E-state index < -0.39 is 0 Å². The first-order valence-electron chi connectivity index (χ1n) is 10.7. The fourth-order valence-electron chi connectivity index (χ4n) is 3.88. The van der Waals surface area contributed by atoms with Crippen LogP contribution in [0.25, 0.3) is 16.8 Å². The van der Waals surface area contributed by atoms with Crippen LogP contribution < -0.4 is 10.5 Å². The van der Waals surface area contributed by atoms with E-state index in [1.807, 2.05) is 41.3 Å². The molecule has 162 valence electrons. The number of nitrogens with one attached hydrogen (secondary N) is 1. The van der Waals surface area contributed by atoms with E-state index in [0.717, 1.165) is 41.9 Å². The summed E-state index contributed by atoms with van der Waals surface area (Å²) in [6.07, 6.45) is 2.52. The Morgan fingerprint density at radius 3 is 2.47 bits per heavy atom. The molecule has 4 aromatic rings. The van der Waals surface area contributed by atoms with Crippen LogP contribution in [0.15, 0.2) is 64.5 Å². The second-order valence-electron chi connectivity index (χ2n) is 7.82. The summed E-state index contributed by atoms with van der Waals surface area (Å²) in [5.74, 6) is 0.855. The predicted octanol–water partition coefficient (Wildman–Crippen LogP) is 4.07. The van der Waals surface area contributed by atoms with Crippen molar-refractivity contribution in [2.75, 3.05) is 11.4 Å². The Bertz CT molecular complexity index is 1330. The summed E-state index contributed by atoms with van der Waals surface area (Å²) in [4.78, 5) is 26.1. The highest BCUT2D eigenvalue weighted by Crippen LogP contribution is 2.26. The summed E-state index contributed by atoms with van der Waals surface area (Å²) >= 11 is 1.50. The Balaban J connectivity index is 1.37. The van der Waals surface area contributed by atoms with E-state index in [1.54, 1.807) is 10.6 Å². The Morgan fingerprint density at radius 1 is 1.03 bits per heavy atom. The topological polar surface area (TPSA) is 83.4 Å². The molecular weight excluding hydrogens is 422 g/mol. The maximum absolute atomic E-state index is 12.3. The van der Waals surface area contributed by atoms with E-state index in [1.165, 1.54) is 17.3 Å². The van der Waals surface area contributed by atoms with Gasteiger partial charge in [0.25, 0.3) is 5.56 Å². The van der Waals surface area contributed by atoms with Crippen molar-refractivity contribution in [3.05, 3.63) is 76.1 Å². The molecule has 1 N–H and O–H groups in total. The standard InChI is InChI=1S/C24H23N5O2S/c1-2-16-5-9-18(10-6-16)20-14-21-23(31)25-26-24(29(21)27-20)32-15-17-7-11-19(12-8-17)28-13-3-4-22(28)30/h5-12,14H,2-4,13,15H2,1H3,(H,25,31). The molecule has 0 aliphatic carbocycles. The van der Waals surface area contributed by atoms with Gasteiger partial charge in [-0.1, -0.05) is 55.1 Å². The Hall–Kier alpha value is -3.39. The van der Waals surface area contributed by atoms with Gasteiger partial charge in [0.2, 0.25) is 11.1 Å². The van der Waals surface area contributed by atoms with Crippen LogP contribution in [0.2, 0.25) is 0 Å². The monoisotopic (exact) mass is 445 g/mol. The van der Waals surface area contributed by atoms with Crippen LogP contribution in [0.4, 0.5) is 5.69 Å². The van der Waals surface area contributed by atoms with Crippen molar-refractivity contribution in [2.24, 2.45) is 0 Å². The van der Waals surface area contributed by atoms with Crippen LogP contribution >= 0.6 is 11.8 Å². The summed E-state index contributed by atoms with van der Waals surface area (Å²) in [7, 11) is 0. The lowest BCUT2D eigenvalue weighted by atomic mass is 10.1. The maximum Gasteiger partial charge on any atom is 0.290 e. The minimum Gasteiger partial charge on any atom is -0.312 e. The molecule has 0 spiro atoms. The number of aryl methyl sites for hydroxylation is 1. The van der Waals surface area contributed by atoms with E-state index in [0.29, 0.717) is 22.8 Å². The molecular formula is C24H23N5O2S. The quantitative estimate of drug-likeness (QED) is 0.453. The third-order valence-corrected chi connectivity index (χ3v) is 6.72. The second kappa shape index (κ2) is 8.63. The average molecular weight is 446 g/mol. The third-order valence-electron chi connectivity index (χ3n) is 5.72. The molecule has 3 heterocycles. The van der Waals surface area contributed by atoms with Crippen molar-refractivity contribution in [2.45, 2.75) is 37.1 Å². The molecule has 5 rings (SSSR count). The first-order valence-corrected chi connectivity index (χ1v) is 11.7. The van der Waals surface area contributed by atoms with Crippen LogP contribution in [-0.2, 0) is 17.0 Å². The van der Waals surface area contributed by atoms with Gasteiger partial charge in [0, 0.05) is 30.0 Å². The zero-order valence-corrected chi connectivity index (χ0v) is 18.6. The van der Waals surface area contributed by atoms with Gasteiger partial charge in [-0.2, -0.15) is 5.10 Å². The lowest BCUT2D eigenvalue weighted by molar-refractivity contribution is -0.117. The van der Waals surface area contributed by atoms with Gasteiger partial charge in [0.15, 0.2) is 0 Å². The Labute approximate surface area is 189 Å². The number of hydrogen-bond acceptors (Lipinski definition) is 5. The zero-order chi connectivity index (χ0) is 22.1. The third kappa shape index (κ3) is 3.93. The van der Waals surface area contributed by atoms with Gasteiger partial charge in [-0.15, -0.1) is 5.10 Å².